The van der Waals surface area contributed by atoms with Gasteiger partial charge in [-0.3, -0.25) is 4.79 Å². The Morgan fingerprint density at radius 3 is 2.64 bits per heavy atom. The summed E-state index contributed by atoms with van der Waals surface area (Å²) in [5, 5.41) is 11.0. The van der Waals surface area contributed by atoms with E-state index < -0.39 is 0 Å². The smallest absolute Gasteiger partial charge is 0.276 e. The van der Waals surface area contributed by atoms with E-state index in [0.29, 0.717) is 12.4 Å². The predicted molar refractivity (Wildman–Crippen MR) is 114 cm³/mol. The number of para-hydroxylation sites is 1. The van der Waals surface area contributed by atoms with Crippen molar-refractivity contribution in [3.05, 3.63) is 94.0 Å². The second kappa shape index (κ2) is 8.19. The molecule has 1 aliphatic heterocycles. The molecule has 4 rings (SSSR count). The van der Waals surface area contributed by atoms with Crippen LogP contribution in [0.3, 0.4) is 0 Å². The zero-order valence-electron chi connectivity index (χ0n) is 14.8. The highest BCUT2D eigenvalue weighted by Crippen LogP contribution is 2.27. The van der Waals surface area contributed by atoms with Crippen molar-refractivity contribution >= 4 is 39.5 Å². The van der Waals surface area contributed by atoms with E-state index >= 15 is 0 Å². The number of anilines is 1. The summed E-state index contributed by atoms with van der Waals surface area (Å²) < 4.78 is 6.79. The number of carbonyl (C=O) groups is 1. The van der Waals surface area contributed by atoms with Crippen molar-refractivity contribution in [1.29, 1.82) is 0 Å². The van der Waals surface area contributed by atoms with E-state index in [-0.39, 0.29) is 11.6 Å². The van der Waals surface area contributed by atoms with Gasteiger partial charge in [-0.1, -0.05) is 58.4 Å². The number of nitrogens with one attached hydrogen (secondary N) is 1. The average molecular weight is 434 g/mol. The van der Waals surface area contributed by atoms with Crippen LogP contribution in [0, 0.1) is 0 Å². The number of ether oxygens (including phenoxy) is 1. The molecule has 5 nitrogen and oxygen atoms in total. The average Bonchev–Trinajstić information content (AvgIpc) is 3.03. The van der Waals surface area contributed by atoms with Gasteiger partial charge < -0.3 is 10.1 Å². The molecule has 138 valence electrons. The van der Waals surface area contributed by atoms with Crippen molar-refractivity contribution in [2.24, 2.45) is 10.2 Å². The van der Waals surface area contributed by atoms with Gasteiger partial charge in [-0.15, -0.1) is 5.10 Å². The molecule has 1 heterocycles. The molecule has 6 heteroatoms. The Labute approximate surface area is 170 Å². The standard InChI is InChI=1S/C22H16BrN3O2/c23-17-10-11-19-18(12-17)21(22(27)25-19)26-24-13-16-8-4-5-9-20(16)28-14-15-6-2-1-3-7-15/h1-13H,14H2,(H,25,26,27). The third-order valence-electron chi connectivity index (χ3n) is 4.21. The summed E-state index contributed by atoms with van der Waals surface area (Å²) in [6, 6.07) is 23.1. The molecule has 28 heavy (non-hydrogen) atoms. The Hall–Kier alpha value is -3.25. The molecule has 1 amide bonds. The van der Waals surface area contributed by atoms with E-state index in [4.69, 9.17) is 4.74 Å². The van der Waals surface area contributed by atoms with Crippen molar-refractivity contribution in [3.8, 4) is 5.75 Å². The maximum absolute atomic E-state index is 12.2. The molecular weight excluding hydrogens is 418 g/mol. The number of hydrogen-bond donors (Lipinski definition) is 1. The maximum atomic E-state index is 12.2. The van der Waals surface area contributed by atoms with E-state index in [9.17, 15) is 4.79 Å². The van der Waals surface area contributed by atoms with E-state index in [1.54, 1.807) is 6.21 Å². The highest BCUT2D eigenvalue weighted by molar-refractivity contribution is 9.10. The molecule has 0 saturated carbocycles. The minimum absolute atomic E-state index is 0.265. The molecule has 0 radical (unpaired) electrons. The zero-order chi connectivity index (χ0) is 19.3. The fourth-order valence-electron chi connectivity index (χ4n) is 2.83. The van der Waals surface area contributed by atoms with Gasteiger partial charge in [0.05, 0.1) is 11.9 Å². The van der Waals surface area contributed by atoms with Crippen LogP contribution >= 0.6 is 15.9 Å². The molecule has 0 atom stereocenters. The summed E-state index contributed by atoms with van der Waals surface area (Å²) >= 11 is 3.41. The van der Waals surface area contributed by atoms with Gasteiger partial charge in [-0.25, -0.2) is 0 Å². The van der Waals surface area contributed by atoms with Crippen LogP contribution in [-0.2, 0) is 11.4 Å². The Kier molecular flexibility index (Phi) is 5.30. The van der Waals surface area contributed by atoms with Gasteiger partial charge in [-0.05, 0) is 35.9 Å². The van der Waals surface area contributed by atoms with Gasteiger partial charge in [0, 0.05) is 15.6 Å². The number of carbonyl (C=O) groups excluding carboxylic acids is 1. The first-order chi connectivity index (χ1) is 13.7. The molecule has 1 aliphatic rings. The van der Waals surface area contributed by atoms with Crippen LogP contribution in [0.15, 0.2) is 87.5 Å². The van der Waals surface area contributed by atoms with Crippen molar-refractivity contribution in [2.45, 2.75) is 6.61 Å². The van der Waals surface area contributed by atoms with Crippen LogP contribution < -0.4 is 10.1 Å². The van der Waals surface area contributed by atoms with E-state index in [2.05, 4.69) is 31.4 Å². The molecule has 0 spiro atoms. The largest absolute Gasteiger partial charge is 0.488 e. The van der Waals surface area contributed by atoms with Crippen molar-refractivity contribution in [3.63, 3.8) is 0 Å². The first-order valence-electron chi connectivity index (χ1n) is 8.69. The Morgan fingerprint density at radius 1 is 1.00 bits per heavy atom. The number of amides is 1. The molecule has 0 aromatic heterocycles. The van der Waals surface area contributed by atoms with Gasteiger partial charge in [0.15, 0.2) is 5.71 Å². The fraction of sp³-hybridized carbons (Fsp3) is 0.0455. The summed E-state index contributed by atoms with van der Waals surface area (Å²) in [7, 11) is 0. The number of halogens is 1. The molecule has 0 fully saturated rings. The SMILES string of the molecule is O=C1Nc2ccc(Br)cc2C1=NN=Cc1ccccc1OCc1ccccc1. The molecule has 0 bridgehead atoms. The number of nitrogens with zero attached hydrogens (tertiary/aromatic N) is 2. The Balaban J connectivity index is 1.54. The van der Waals surface area contributed by atoms with Gasteiger partial charge in [-0.2, -0.15) is 5.10 Å². The normalized spacial score (nSPS) is 14.3. The second-order valence-corrected chi connectivity index (χ2v) is 7.06. The van der Waals surface area contributed by atoms with Crippen LogP contribution in [0.1, 0.15) is 16.7 Å². The van der Waals surface area contributed by atoms with Crippen LogP contribution in [0.25, 0.3) is 0 Å². The van der Waals surface area contributed by atoms with Crippen LogP contribution in [-0.4, -0.2) is 17.8 Å². The predicted octanol–water partition coefficient (Wildman–Crippen LogP) is 4.80. The van der Waals surface area contributed by atoms with E-state index in [1.165, 1.54) is 0 Å². The summed E-state index contributed by atoms with van der Waals surface area (Å²) in [4.78, 5) is 12.2. The van der Waals surface area contributed by atoms with E-state index in [0.717, 1.165) is 26.9 Å². The van der Waals surface area contributed by atoms with Gasteiger partial charge in [0.2, 0.25) is 0 Å². The third-order valence-corrected chi connectivity index (χ3v) is 4.70. The van der Waals surface area contributed by atoms with E-state index in [1.807, 2.05) is 72.8 Å². The maximum Gasteiger partial charge on any atom is 0.276 e. The number of hydrogen-bond acceptors (Lipinski definition) is 4. The number of fused-ring (bicyclic) bond motifs is 1. The number of benzene rings is 3. The lowest BCUT2D eigenvalue weighted by molar-refractivity contribution is -0.110. The van der Waals surface area contributed by atoms with Gasteiger partial charge in [0.1, 0.15) is 12.4 Å². The van der Waals surface area contributed by atoms with Crippen molar-refractivity contribution < 1.29 is 9.53 Å². The monoisotopic (exact) mass is 433 g/mol. The minimum Gasteiger partial charge on any atom is -0.488 e. The molecule has 3 aromatic rings. The highest BCUT2D eigenvalue weighted by Gasteiger charge is 2.26. The molecular formula is C22H16BrN3O2. The lowest BCUT2D eigenvalue weighted by Crippen LogP contribution is -2.13. The molecule has 1 N–H and O–H groups in total. The topological polar surface area (TPSA) is 63.0 Å². The van der Waals surface area contributed by atoms with Crippen molar-refractivity contribution in [2.75, 3.05) is 5.32 Å². The first kappa shape index (κ1) is 18.1. The molecule has 0 saturated heterocycles. The number of rotatable bonds is 5. The second-order valence-electron chi connectivity index (χ2n) is 6.15. The summed E-state index contributed by atoms with van der Waals surface area (Å²) in [6.07, 6.45) is 1.59. The molecule has 0 unspecified atom stereocenters. The lowest BCUT2D eigenvalue weighted by atomic mass is 10.1. The highest BCUT2D eigenvalue weighted by atomic mass is 79.9. The van der Waals surface area contributed by atoms with Crippen LogP contribution in [0.5, 0.6) is 5.75 Å². The van der Waals surface area contributed by atoms with Crippen LogP contribution in [0.4, 0.5) is 5.69 Å². The van der Waals surface area contributed by atoms with Gasteiger partial charge in [0.25, 0.3) is 5.91 Å². The summed E-state index contributed by atoms with van der Waals surface area (Å²) in [5.41, 5.74) is 3.61. The molecule has 0 aliphatic carbocycles. The summed E-state index contributed by atoms with van der Waals surface area (Å²) in [5.74, 6) is 0.438. The third kappa shape index (κ3) is 4.02. The Bertz CT molecular complexity index is 1080. The van der Waals surface area contributed by atoms with Crippen LogP contribution in [0.2, 0.25) is 0 Å². The van der Waals surface area contributed by atoms with Gasteiger partial charge >= 0.3 is 0 Å². The van der Waals surface area contributed by atoms with Crippen molar-refractivity contribution in [1.82, 2.24) is 0 Å². The minimum atomic E-state index is -0.265. The first-order valence-corrected chi connectivity index (χ1v) is 9.48. The zero-order valence-corrected chi connectivity index (χ0v) is 16.4. The fourth-order valence-corrected chi connectivity index (χ4v) is 3.19. The lowest BCUT2D eigenvalue weighted by Gasteiger charge is -2.08. The Morgan fingerprint density at radius 2 is 1.79 bits per heavy atom. The summed E-state index contributed by atoms with van der Waals surface area (Å²) in [6.45, 7) is 0.462. The quantitative estimate of drug-likeness (QED) is 0.463. The molecule has 3 aromatic carbocycles.